The number of aliphatic hydroxyl groups is 1. The lowest BCUT2D eigenvalue weighted by molar-refractivity contribution is 0.275. The van der Waals surface area contributed by atoms with Crippen molar-refractivity contribution in [2.24, 2.45) is 7.05 Å². The Morgan fingerprint density at radius 2 is 1.97 bits per heavy atom. The van der Waals surface area contributed by atoms with Crippen LogP contribution in [0, 0.1) is 8.97 Å². The SMILES string of the molecule is Cn1cc(C2=CC=c3[nH]nc(-c4nc5c(-c6ccc(F)cc6)nccc5[nH]4)c3=I2)c(CO)n1. The minimum Gasteiger partial charge on any atom is -0.390 e. The molecule has 0 bridgehead atoms. The first-order chi connectivity index (χ1) is 16.1. The molecule has 3 N–H and O–H groups in total. The van der Waals surface area contributed by atoms with Crippen LogP contribution in [0.4, 0.5) is 4.39 Å². The average Bonchev–Trinajstić information content (AvgIpc) is 3.54. The van der Waals surface area contributed by atoms with E-state index in [9.17, 15) is 9.50 Å². The van der Waals surface area contributed by atoms with Crippen LogP contribution in [0.15, 0.2) is 48.8 Å². The monoisotopic (exact) mass is 553 g/mol. The number of imidazole rings is 1. The molecule has 0 atom stereocenters. The summed E-state index contributed by atoms with van der Waals surface area (Å²) in [6.45, 7) is -0.106. The molecule has 1 aliphatic heterocycles. The van der Waals surface area contributed by atoms with Crippen LogP contribution in [0.2, 0.25) is 0 Å². The summed E-state index contributed by atoms with van der Waals surface area (Å²) < 4.78 is 17.4. The van der Waals surface area contributed by atoms with Crippen molar-refractivity contribution in [2.75, 3.05) is 0 Å². The van der Waals surface area contributed by atoms with Crippen molar-refractivity contribution < 1.29 is 9.50 Å². The second kappa shape index (κ2) is 7.81. The van der Waals surface area contributed by atoms with Gasteiger partial charge in [0.15, 0.2) is 5.82 Å². The van der Waals surface area contributed by atoms with E-state index in [-0.39, 0.29) is 12.4 Å². The minimum atomic E-state index is -0.601. The smallest absolute Gasteiger partial charge is 0.160 e. The van der Waals surface area contributed by atoms with E-state index in [4.69, 9.17) is 4.98 Å². The van der Waals surface area contributed by atoms with E-state index in [0.29, 0.717) is 22.7 Å². The molecule has 0 fully saturated rings. The number of aromatic amines is 2. The van der Waals surface area contributed by atoms with E-state index in [0.717, 1.165) is 34.4 Å². The van der Waals surface area contributed by atoms with Crippen molar-refractivity contribution in [3.05, 3.63) is 74.4 Å². The highest BCUT2D eigenvalue weighted by Gasteiger charge is 2.18. The van der Waals surface area contributed by atoms with Crippen molar-refractivity contribution >= 4 is 41.4 Å². The third kappa shape index (κ3) is 3.42. The van der Waals surface area contributed by atoms with Crippen molar-refractivity contribution in [1.82, 2.24) is 34.9 Å². The molecule has 8 nitrogen and oxygen atoms in total. The Hall–Kier alpha value is -3.51. The van der Waals surface area contributed by atoms with Crippen molar-refractivity contribution in [3.63, 3.8) is 0 Å². The first-order valence-corrected chi connectivity index (χ1v) is 12.3. The number of pyridine rings is 1. The summed E-state index contributed by atoms with van der Waals surface area (Å²) in [6.07, 6.45) is 7.73. The topological polar surface area (TPSA) is 108 Å². The Morgan fingerprint density at radius 3 is 2.79 bits per heavy atom. The van der Waals surface area contributed by atoms with Gasteiger partial charge in [-0.3, -0.25) is 14.8 Å². The maximum Gasteiger partial charge on any atom is 0.160 e. The van der Waals surface area contributed by atoms with Crippen LogP contribution in [0.3, 0.4) is 0 Å². The van der Waals surface area contributed by atoms with Crippen LogP contribution in [0.1, 0.15) is 11.3 Å². The summed E-state index contributed by atoms with van der Waals surface area (Å²) in [5.74, 6) is 0.362. The number of fused-ring (bicyclic) bond motifs is 2. The lowest BCUT2D eigenvalue weighted by Crippen LogP contribution is -2.03. The Kier molecular flexibility index (Phi) is 4.76. The number of halogens is 2. The van der Waals surface area contributed by atoms with Gasteiger partial charge in [-0.2, -0.15) is 10.2 Å². The van der Waals surface area contributed by atoms with Crippen LogP contribution in [-0.2, 0) is 13.7 Å². The van der Waals surface area contributed by atoms with E-state index in [1.165, 1.54) is 12.1 Å². The highest BCUT2D eigenvalue weighted by Crippen LogP contribution is 2.35. The van der Waals surface area contributed by atoms with Gasteiger partial charge in [-0.15, -0.1) is 0 Å². The number of hydrogen-bond donors (Lipinski definition) is 3. The molecule has 0 unspecified atom stereocenters. The van der Waals surface area contributed by atoms with E-state index >= 15 is 0 Å². The quantitative estimate of drug-likeness (QED) is 0.296. The van der Waals surface area contributed by atoms with Crippen LogP contribution in [-0.4, -0.2) is 40.0 Å². The van der Waals surface area contributed by atoms with Gasteiger partial charge in [-0.05, 0) is 42.5 Å². The summed E-state index contributed by atoms with van der Waals surface area (Å²) in [5, 5.41) is 22.7. The molecule has 5 aromatic rings. The number of aryl methyl sites for hydroxylation is 1. The molecule has 0 saturated heterocycles. The van der Waals surface area contributed by atoms with Crippen molar-refractivity contribution in [1.29, 1.82) is 0 Å². The zero-order valence-corrected chi connectivity index (χ0v) is 19.5. The number of allylic oxidation sites excluding steroid dienone is 1. The van der Waals surface area contributed by atoms with Gasteiger partial charge in [-0.25, -0.2) is 9.37 Å². The predicted octanol–water partition coefficient (Wildman–Crippen LogP) is 3.44. The number of nitrogens with zero attached hydrogens (tertiary/aromatic N) is 5. The third-order valence-corrected chi connectivity index (χ3v) is 8.53. The maximum atomic E-state index is 13.4. The van der Waals surface area contributed by atoms with Gasteiger partial charge in [0.1, 0.15) is 17.0 Å². The average molecular weight is 553 g/mol. The molecular formula is C23H17FIN7O. The highest BCUT2D eigenvalue weighted by molar-refractivity contribution is 14.2. The summed E-state index contributed by atoms with van der Waals surface area (Å²) in [7, 11) is 1.85. The molecule has 0 saturated carbocycles. The fourth-order valence-corrected chi connectivity index (χ4v) is 6.76. The largest absolute Gasteiger partial charge is 0.390 e. The summed E-state index contributed by atoms with van der Waals surface area (Å²) in [5.41, 5.74) is 5.43. The number of benzene rings is 1. The lowest BCUT2D eigenvalue weighted by Gasteiger charge is -2.02. The van der Waals surface area contributed by atoms with Gasteiger partial charge < -0.3 is 10.1 Å². The number of aliphatic hydroxyl groups excluding tert-OH is 1. The number of hydrogen-bond acceptors (Lipinski definition) is 5. The van der Waals surface area contributed by atoms with E-state index in [1.807, 2.05) is 25.4 Å². The molecule has 0 spiro atoms. The van der Waals surface area contributed by atoms with E-state index in [1.54, 1.807) is 23.0 Å². The first kappa shape index (κ1) is 20.1. The molecule has 0 aliphatic carbocycles. The van der Waals surface area contributed by atoms with Crippen LogP contribution in [0.25, 0.3) is 43.5 Å². The number of rotatable bonds is 4. The van der Waals surface area contributed by atoms with E-state index in [2.05, 4.69) is 31.3 Å². The summed E-state index contributed by atoms with van der Waals surface area (Å²) in [4.78, 5) is 12.7. The highest BCUT2D eigenvalue weighted by atomic mass is 127. The minimum absolute atomic E-state index is 0.106. The molecule has 33 heavy (non-hydrogen) atoms. The molecular weight excluding hydrogens is 536 g/mol. The maximum absolute atomic E-state index is 13.4. The zero-order chi connectivity index (χ0) is 22.5. The van der Waals surface area contributed by atoms with Gasteiger partial charge in [0.2, 0.25) is 0 Å². The van der Waals surface area contributed by atoms with Crippen molar-refractivity contribution in [3.8, 4) is 22.8 Å². The zero-order valence-electron chi connectivity index (χ0n) is 17.3. The molecule has 1 aromatic carbocycles. The van der Waals surface area contributed by atoms with Crippen LogP contribution in [0.5, 0.6) is 0 Å². The Balaban J connectivity index is 1.48. The molecule has 0 radical (unpaired) electrons. The second-order valence-electron chi connectivity index (χ2n) is 7.54. The molecule has 0 amide bonds. The van der Waals surface area contributed by atoms with Crippen LogP contribution >= 0.6 is 20.7 Å². The number of nitrogens with one attached hydrogen (secondary N) is 2. The molecule has 164 valence electrons. The first-order valence-electron chi connectivity index (χ1n) is 10.1. The van der Waals surface area contributed by atoms with Gasteiger partial charge in [0.05, 0.1) is 32.0 Å². The standard InChI is InChI=1S/C23H17FIN7O/c1-32-10-14(18(11-33)31-32)15-6-7-16-19(25-15)22(30-29-16)23-27-17-8-9-26-20(21(17)28-23)12-2-4-13(24)5-3-12/h2-10,33H,11H2,1H3,(H,27,28)(H,29,30). The Bertz CT molecular complexity index is 1680. The normalized spacial score (nSPS) is 13.1. The van der Waals surface area contributed by atoms with Crippen molar-refractivity contribution in [2.45, 2.75) is 6.61 Å². The Morgan fingerprint density at radius 1 is 1.12 bits per heavy atom. The Labute approximate surface area is 196 Å². The number of aromatic nitrogens is 7. The third-order valence-electron chi connectivity index (χ3n) is 5.38. The summed E-state index contributed by atoms with van der Waals surface area (Å²) >= 11 is -0.601. The van der Waals surface area contributed by atoms with Gasteiger partial charge in [-0.1, -0.05) is 20.7 Å². The molecule has 1 aliphatic rings. The molecule has 6 rings (SSSR count). The number of H-pyrrole nitrogens is 2. The summed E-state index contributed by atoms with van der Waals surface area (Å²) in [6, 6.07) is 8.10. The predicted molar refractivity (Wildman–Crippen MR) is 131 cm³/mol. The van der Waals surface area contributed by atoms with Gasteiger partial charge >= 0.3 is 0 Å². The molecule has 5 heterocycles. The molecule has 10 heteroatoms. The fourth-order valence-electron chi connectivity index (χ4n) is 3.85. The van der Waals surface area contributed by atoms with Crippen LogP contribution < -0.4 is 5.35 Å². The van der Waals surface area contributed by atoms with Gasteiger partial charge in [0.25, 0.3) is 0 Å². The van der Waals surface area contributed by atoms with Gasteiger partial charge in [0, 0.05) is 34.1 Å². The second-order valence-corrected chi connectivity index (χ2v) is 10.3. The van der Waals surface area contributed by atoms with E-state index < -0.39 is 20.7 Å². The lowest BCUT2D eigenvalue weighted by atomic mass is 10.1. The molecule has 4 aromatic heterocycles. The fraction of sp³-hybridized carbons (Fsp3) is 0.0870.